The fourth-order valence-corrected chi connectivity index (χ4v) is 1.66. The van der Waals surface area contributed by atoms with Crippen LogP contribution < -0.4 is 0 Å². The number of tetrazole rings is 1. The van der Waals surface area contributed by atoms with Crippen LogP contribution in [0.15, 0.2) is 0 Å². The molecular formula is C8H15N5O. The summed E-state index contributed by atoms with van der Waals surface area (Å²) in [4.78, 5) is 3.71. The summed E-state index contributed by atoms with van der Waals surface area (Å²) in [6.45, 7) is 2.57. The quantitative estimate of drug-likeness (QED) is 0.670. The van der Waals surface area contributed by atoms with Crippen molar-refractivity contribution in [2.45, 2.75) is 25.5 Å². The Labute approximate surface area is 82.5 Å². The summed E-state index contributed by atoms with van der Waals surface area (Å²) in [5.74, 6) is 0.754. The van der Waals surface area contributed by atoms with Gasteiger partial charge in [0, 0.05) is 13.1 Å². The molecule has 2 heterocycles. The first-order chi connectivity index (χ1) is 6.74. The molecule has 0 bridgehead atoms. The lowest BCUT2D eigenvalue weighted by molar-refractivity contribution is 0.0780. The molecule has 0 unspecified atom stereocenters. The van der Waals surface area contributed by atoms with Crippen LogP contribution in [0.4, 0.5) is 0 Å². The summed E-state index contributed by atoms with van der Waals surface area (Å²) >= 11 is 0. The first-order valence-corrected chi connectivity index (χ1v) is 4.87. The third-order valence-electron chi connectivity index (χ3n) is 2.47. The zero-order chi connectivity index (χ0) is 9.97. The van der Waals surface area contributed by atoms with Gasteiger partial charge in [0.05, 0.1) is 19.7 Å². The molecule has 1 aromatic rings. The Balaban J connectivity index is 1.86. The number of aliphatic hydroxyl groups excluding tert-OH is 1. The molecule has 6 nitrogen and oxygen atoms in total. The van der Waals surface area contributed by atoms with Crippen LogP contribution in [0.2, 0.25) is 0 Å². The number of aliphatic hydroxyl groups is 1. The highest BCUT2D eigenvalue weighted by atomic mass is 16.3. The molecule has 0 aliphatic carbocycles. The van der Waals surface area contributed by atoms with Gasteiger partial charge in [-0.15, -0.1) is 10.2 Å². The highest BCUT2D eigenvalue weighted by Crippen LogP contribution is 2.11. The summed E-state index contributed by atoms with van der Waals surface area (Å²) in [7, 11) is 1.76. The minimum absolute atomic E-state index is 0.124. The van der Waals surface area contributed by atoms with Gasteiger partial charge < -0.3 is 5.11 Å². The standard InChI is InChI=1S/C8H15N5O/c1-12-10-8(9-11-12)6-13-4-2-7(14)3-5-13/h7,14H,2-6H2,1H3. The molecule has 6 heteroatoms. The van der Waals surface area contributed by atoms with Crippen molar-refractivity contribution >= 4 is 0 Å². The van der Waals surface area contributed by atoms with Gasteiger partial charge in [-0.05, 0) is 18.1 Å². The Morgan fingerprint density at radius 1 is 1.43 bits per heavy atom. The summed E-state index contributed by atoms with van der Waals surface area (Å²) < 4.78 is 0. The molecule has 14 heavy (non-hydrogen) atoms. The van der Waals surface area contributed by atoms with Crippen molar-refractivity contribution in [1.82, 2.24) is 25.1 Å². The van der Waals surface area contributed by atoms with E-state index in [1.54, 1.807) is 7.05 Å². The molecule has 1 saturated heterocycles. The summed E-state index contributed by atoms with van der Waals surface area (Å²) in [5, 5.41) is 21.1. The molecule has 1 aliphatic heterocycles. The number of piperidine rings is 1. The summed E-state index contributed by atoms with van der Waals surface area (Å²) in [6, 6.07) is 0. The highest BCUT2D eigenvalue weighted by molar-refractivity contribution is 4.80. The minimum Gasteiger partial charge on any atom is -0.393 e. The number of nitrogens with zero attached hydrogens (tertiary/aromatic N) is 5. The Morgan fingerprint density at radius 3 is 2.71 bits per heavy atom. The zero-order valence-electron chi connectivity index (χ0n) is 8.30. The molecule has 78 valence electrons. The number of likely N-dealkylation sites (tertiary alicyclic amines) is 1. The molecule has 1 N–H and O–H groups in total. The normalized spacial score (nSPS) is 20.1. The van der Waals surface area contributed by atoms with Crippen molar-refractivity contribution < 1.29 is 5.11 Å². The average Bonchev–Trinajstić information content (AvgIpc) is 2.56. The van der Waals surface area contributed by atoms with Gasteiger partial charge in [0.25, 0.3) is 0 Å². The Bertz CT molecular complexity index is 292. The van der Waals surface area contributed by atoms with Crippen molar-refractivity contribution in [2.75, 3.05) is 13.1 Å². The fraction of sp³-hybridized carbons (Fsp3) is 0.875. The molecule has 1 aromatic heterocycles. The molecule has 0 spiro atoms. The monoisotopic (exact) mass is 197 g/mol. The van der Waals surface area contributed by atoms with E-state index in [0.717, 1.165) is 38.3 Å². The zero-order valence-corrected chi connectivity index (χ0v) is 8.30. The maximum absolute atomic E-state index is 9.32. The number of hydrogen-bond donors (Lipinski definition) is 1. The first kappa shape index (κ1) is 9.54. The van der Waals surface area contributed by atoms with Gasteiger partial charge in [-0.25, -0.2) is 0 Å². The van der Waals surface area contributed by atoms with Gasteiger partial charge in [-0.2, -0.15) is 4.80 Å². The van der Waals surface area contributed by atoms with Gasteiger partial charge in [0.15, 0.2) is 5.82 Å². The van der Waals surface area contributed by atoms with Crippen LogP contribution in [-0.4, -0.2) is 49.4 Å². The smallest absolute Gasteiger partial charge is 0.188 e. The van der Waals surface area contributed by atoms with Crippen LogP contribution in [0, 0.1) is 0 Å². The number of hydrogen-bond acceptors (Lipinski definition) is 5. The van der Waals surface area contributed by atoms with E-state index in [9.17, 15) is 5.11 Å². The Morgan fingerprint density at radius 2 is 2.14 bits per heavy atom. The van der Waals surface area contributed by atoms with Crippen molar-refractivity contribution in [1.29, 1.82) is 0 Å². The number of aromatic nitrogens is 4. The summed E-state index contributed by atoms with van der Waals surface area (Å²) in [5.41, 5.74) is 0. The predicted octanol–water partition coefficient (Wildman–Crippen LogP) is -0.833. The van der Waals surface area contributed by atoms with Crippen molar-refractivity contribution in [2.24, 2.45) is 7.05 Å². The van der Waals surface area contributed by atoms with Gasteiger partial charge >= 0.3 is 0 Å². The van der Waals surface area contributed by atoms with E-state index in [4.69, 9.17) is 0 Å². The molecule has 2 rings (SSSR count). The number of rotatable bonds is 2. The van der Waals surface area contributed by atoms with Crippen LogP contribution in [0.3, 0.4) is 0 Å². The SMILES string of the molecule is Cn1nnc(CN2CCC(O)CC2)n1. The second-order valence-corrected chi connectivity index (χ2v) is 3.70. The maximum Gasteiger partial charge on any atom is 0.188 e. The van der Waals surface area contributed by atoms with E-state index in [0.29, 0.717) is 0 Å². The predicted molar refractivity (Wildman–Crippen MR) is 49.3 cm³/mol. The first-order valence-electron chi connectivity index (χ1n) is 4.87. The number of aryl methyl sites for hydroxylation is 1. The largest absolute Gasteiger partial charge is 0.393 e. The third-order valence-corrected chi connectivity index (χ3v) is 2.47. The van der Waals surface area contributed by atoms with Crippen LogP contribution in [0.1, 0.15) is 18.7 Å². The minimum atomic E-state index is -0.124. The van der Waals surface area contributed by atoms with E-state index in [1.807, 2.05) is 0 Å². The topological polar surface area (TPSA) is 67.1 Å². The molecule has 0 aromatic carbocycles. The lowest BCUT2D eigenvalue weighted by Gasteiger charge is -2.28. The molecule has 1 aliphatic rings. The molecular weight excluding hydrogens is 182 g/mol. The van der Waals surface area contributed by atoms with Gasteiger partial charge in [0.2, 0.25) is 0 Å². The molecule has 1 fully saturated rings. The van der Waals surface area contributed by atoms with E-state index < -0.39 is 0 Å². The molecule has 0 atom stereocenters. The van der Waals surface area contributed by atoms with E-state index in [1.165, 1.54) is 4.80 Å². The van der Waals surface area contributed by atoms with Gasteiger partial charge in [-0.3, -0.25) is 4.90 Å². The molecule has 0 saturated carbocycles. The average molecular weight is 197 g/mol. The van der Waals surface area contributed by atoms with Gasteiger partial charge in [-0.1, -0.05) is 0 Å². The molecule has 0 radical (unpaired) electrons. The Hall–Kier alpha value is -1.01. The second kappa shape index (κ2) is 4.02. The van der Waals surface area contributed by atoms with E-state index >= 15 is 0 Å². The van der Waals surface area contributed by atoms with Crippen LogP contribution in [0.25, 0.3) is 0 Å². The van der Waals surface area contributed by atoms with Crippen molar-refractivity contribution in [3.05, 3.63) is 5.82 Å². The lowest BCUT2D eigenvalue weighted by atomic mass is 10.1. The maximum atomic E-state index is 9.32. The third kappa shape index (κ3) is 2.27. The fourth-order valence-electron chi connectivity index (χ4n) is 1.66. The summed E-state index contributed by atoms with van der Waals surface area (Å²) in [6.07, 6.45) is 1.57. The highest BCUT2D eigenvalue weighted by Gasteiger charge is 2.18. The van der Waals surface area contributed by atoms with Crippen LogP contribution in [0.5, 0.6) is 0 Å². The second-order valence-electron chi connectivity index (χ2n) is 3.70. The lowest BCUT2D eigenvalue weighted by Crippen LogP contribution is -2.35. The van der Waals surface area contributed by atoms with Crippen LogP contribution >= 0.6 is 0 Å². The molecule has 0 amide bonds. The Kier molecular flexibility index (Phi) is 2.74. The van der Waals surface area contributed by atoms with Crippen LogP contribution in [-0.2, 0) is 13.6 Å². The van der Waals surface area contributed by atoms with Crippen molar-refractivity contribution in [3.63, 3.8) is 0 Å². The van der Waals surface area contributed by atoms with Crippen molar-refractivity contribution in [3.8, 4) is 0 Å². The van der Waals surface area contributed by atoms with Gasteiger partial charge in [0.1, 0.15) is 0 Å². The van der Waals surface area contributed by atoms with E-state index in [2.05, 4.69) is 20.3 Å². The van der Waals surface area contributed by atoms with E-state index in [-0.39, 0.29) is 6.10 Å².